The van der Waals surface area contributed by atoms with Gasteiger partial charge in [-0.05, 0) is 44.5 Å². The van der Waals surface area contributed by atoms with E-state index in [1.807, 2.05) is 78.0 Å². The van der Waals surface area contributed by atoms with Crippen LogP contribution in [0, 0.1) is 6.92 Å². The third-order valence-corrected chi connectivity index (χ3v) is 4.07. The second kappa shape index (κ2) is 8.49. The summed E-state index contributed by atoms with van der Waals surface area (Å²) in [5.41, 5.74) is 2.19. The molecular formula is C20H24N4O2. The van der Waals surface area contributed by atoms with Crippen LogP contribution in [-0.4, -0.2) is 40.0 Å². The van der Waals surface area contributed by atoms with Gasteiger partial charge in [0, 0.05) is 32.2 Å². The number of hydrogen-bond donors (Lipinski definition) is 1. The van der Waals surface area contributed by atoms with Crippen molar-refractivity contribution in [3.63, 3.8) is 0 Å². The smallest absolute Gasteiger partial charge is 0.256 e. The third-order valence-electron chi connectivity index (χ3n) is 4.07. The summed E-state index contributed by atoms with van der Waals surface area (Å²) in [7, 11) is 0. The van der Waals surface area contributed by atoms with E-state index in [1.54, 1.807) is 0 Å². The first kappa shape index (κ1) is 17.9. The summed E-state index contributed by atoms with van der Waals surface area (Å²) in [6, 6.07) is 13.7. The van der Waals surface area contributed by atoms with Crippen molar-refractivity contribution in [2.45, 2.75) is 20.3 Å². The second-order valence-electron chi connectivity index (χ2n) is 5.93. The number of aromatic nitrogens is 3. The Hall–Kier alpha value is -2.86. The number of aryl methyl sites for hydroxylation is 1. The van der Waals surface area contributed by atoms with E-state index < -0.39 is 0 Å². The first-order valence-electron chi connectivity index (χ1n) is 8.86. The first-order chi connectivity index (χ1) is 12.7. The van der Waals surface area contributed by atoms with Crippen LogP contribution in [0.4, 0.5) is 0 Å². The molecule has 2 heterocycles. The maximum atomic E-state index is 12.8. The lowest BCUT2D eigenvalue weighted by molar-refractivity contribution is 0.0943. The molecule has 1 aromatic carbocycles. The molecule has 26 heavy (non-hydrogen) atoms. The summed E-state index contributed by atoms with van der Waals surface area (Å²) in [6.45, 7) is 5.73. The highest BCUT2D eigenvalue weighted by molar-refractivity contribution is 5.98. The van der Waals surface area contributed by atoms with Crippen LogP contribution in [-0.2, 0) is 4.74 Å². The van der Waals surface area contributed by atoms with Gasteiger partial charge >= 0.3 is 0 Å². The zero-order chi connectivity index (χ0) is 18.4. The van der Waals surface area contributed by atoms with Gasteiger partial charge in [-0.15, -0.1) is 0 Å². The lowest BCUT2D eigenvalue weighted by Gasteiger charge is -2.11. The fraction of sp³-hybridized carbons (Fsp3) is 0.300. The van der Waals surface area contributed by atoms with Gasteiger partial charge in [0.05, 0.1) is 11.4 Å². The fourth-order valence-corrected chi connectivity index (χ4v) is 2.85. The Morgan fingerprint density at radius 3 is 2.58 bits per heavy atom. The van der Waals surface area contributed by atoms with Crippen molar-refractivity contribution in [3.8, 4) is 11.5 Å². The molecule has 6 heteroatoms. The molecule has 3 aromatic rings. The molecule has 0 fully saturated rings. The molecule has 0 saturated carbocycles. The molecule has 0 aliphatic rings. The Balaban J connectivity index is 1.92. The van der Waals surface area contributed by atoms with E-state index in [4.69, 9.17) is 4.74 Å². The number of carbonyl (C=O) groups excluding carboxylic acids is 1. The molecule has 0 atom stereocenters. The van der Waals surface area contributed by atoms with Crippen molar-refractivity contribution >= 4 is 5.91 Å². The molecule has 0 spiro atoms. The lowest BCUT2D eigenvalue weighted by Crippen LogP contribution is -2.27. The second-order valence-corrected chi connectivity index (χ2v) is 5.93. The summed E-state index contributed by atoms with van der Waals surface area (Å²) >= 11 is 0. The molecular weight excluding hydrogens is 328 g/mol. The Bertz CT molecular complexity index is 838. The van der Waals surface area contributed by atoms with Crippen molar-refractivity contribution in [2.75, 3.05) is 19.8 Å². The normalized spacial score (nSPS) is 10.8. The quantitative estimate of drug-likeness (QED) is 0.634. The predicted molar refractivity (Wildman–Crippen MR) is 101 cm³/mol. The molecule has 3 rings (SSSR count). The Kier molecular flexibility index (Phi) is 5.86. The minimum Gasteiger partial charge on any atom is -0.382 e. The van der Waals surface area contributed by atoms with E-state index in [2.05, 4.69) is 10.4 Å². The van der Waals surface area contributed by atoms with Gasteiger partial charge in [0.15, 0.2) is 5.82 Å². The van der Waals surface area contributed by atoms with Crippen LogP contribution in [0.15, 0.2) is 54.9 Å². The molecule has 136 valence electrons. The van der Waals surface area contributed by atoms with E-state index in [1.165, 1.54) is 0 Å². The van der Waals surface area contributed by atoms with Gasteiger partial charge in [0.2, 0.25) is 0 Å². The number of amides is 1. The van der Waals surface area contributed by atoms with E-state index in [9.17, 15) is 4.79 Å². The summed E-state index contributed by atoms with van der Waals surface area (Å²) < 4.78 is 9.05. The zero-order valence-corrected chi connectivity index (χ0v) is 15.2. The van der Waals surface area contributed by atoms with Crippen molar-refractivity contribution in [2.24, 2.45) is 0 Å². The van der Waals surface area contributed by atoms with E-state index in [0.717, 1.165) is 17.9 Å². The molecule has 6 nitrogen and oxygen atoms in total. The molecule has 2 aromatic heterocycles. The first-order valence-corrected chi connectivity index (χ1v) is 8.86. The summed E-state index contributed by atoms with van der Waals surface area (Å²) in [5.74, 6) is 0.617. The summed E-state index contributed by atoms with van der Waals surface area (Å²) in [6.07, 6.45) is 4.62. The van der Waals surface area contributed by atoms with Crippen LogP contribution < -0.4 is 5.32 Å². The highest BCUT2D eigenvalue weighted by Crippen LogP contribution is 2.22. The van der Waals surface area contributed by atoms with Gasteiger partial charge in [-0.3, -0.25) is 4.79 Å². The van der Waals surface area contributed by atoms with Crippen LogP contribution in [0.1, 0.15) is 29.4 Å². The van der Waals surface area contributed by atoms with Gasteiger partial charge in [0.1, 0.15) is 5.56 Å². The number of para-hydroxylation sites is 1. The van der Waals surface area contributed by atoms with Gasteiger partial charge in [-0.25, -0.2) is 4.68 Å². The SMILES string of the molecule is CCOCCCNC(=O)c1c(C)nn(-c2ccccc2)c1-n1cccc1. The number of nitrogens with zero attached hydrogens (tertiary/aromatic N) is 3. The predicted octanol–water partition coefficient (Wildman–Crippen LogP) is 3.13. The van der Waals surface area contributed by atoms with Gasteiger partial charge < -0.3 is 14.6 Å². The Labute approximate surface area is 153 Å². The minimum atomic E-state index is -0.120. The molecule has 1 amide bonds. The number of hydrogen-bond acceptors (Lipinski definition) is 3. The molecule has 0 bridgehead atoms. The van der Waals surface area contributed by atoms with Crippen LogP contribution in [0.5, 0.6) is 0 Å². The van der Waals surface area contributed by atoms with Gasteiger partial charge in [-0.1, -0.05) is 18.2 Å². The highest BCUT2D eigenvalue weighted by atomic mass is 16.5. The molecule has 0 aliphatic heterocycles. The number of carbonyl (C=O) groups is 1. The monoisotopic (exact) mass is 352 g/mol. The summed E-state index contributed by atoms with van der Waals surface area (Å²) in [5, 5.41) is 7.61. The van der Waals surface area contributed by atoms with Crippen molar-refractivity contribution in [1.29, 1.82) is 0 Å². The van der Waals surface area contributed by atoms with E-state index >= 15 is 0 Å². The van der Waals surface area contributed by atoms with Crippen LogP contribution >= 0.6 is 0 Å². The number of benzene rings is 1. The molecule has 0 radical (unpaired) electrons. The number of nitrogens with one attached hydrogen (secondary N) is 1. The van der Waals surface area contributed by atoms with Crippen LogP contribution in [0.25, 0.3) is 11.5 Å². The maximum absolute atomic E-state index is 12.8. The molecule has 0 saturated heterocycles. The average molecular weight is 352 g/mol. The Morgan fingerprint density at radius 2 is 1.88 bits per heavy atom. The number of ether oxygens (including phenoxy) is 1. The summed E-state index contributed by atoms with van der Waals surface area (Å²) in [4.78, 5) is 12.8. The average Bonchev–Trinajstić information content (AvgIpc) is 3.29. The largest absolute Gasteiger partial charge is 0.382 e. The van der Waals surface area contributed by atoms with Crippen molar-refractivity contribution < 1.29 is 9.53 Å². The zero-order valence-electron chi connectivity index (χ0n) is 15.2. The maximum Gasteiger partial charge on any atom is 0.256 e. The van der Waals surface area contributed by atoms with E-state index in [-0.39, 0.29) is 5.91 Å². The standard InChI is InChI=1S/C20H24N4O2/c1-3-26-15-9-12-21-19(25)18-16(2)22-24(17-10-5-4-6-11-17)20(18)23-13-7-8-14-23/h4-8,10-11,13-14H,3,9,12,15H2,1-2H3,(H,21,25). The van der Waals surface area contributed by atoms with E-state index in [0.29, 0.717) is 31.0 Å². The lowest BCUT2D eigenvalue weighted by atomic mass is 10.2. The Morgan fingerprint density at radius 1 is 1.15 bits per heavy atom. The van der Waals surface area contributed by atoms with Crippen molar-refractivity contribution in [3.05, 3.63) is 66.1 Å². The van der Waals surface area contributed by atoms with Crippen molar-refractivity contribution in [1.82, 2.24) is 19.7 Å². The minimum absolute atomic E-state index is 0.120. The molecule has 0 aliphatic carbocycles. The van der Waals surface area contributed by atoms with Crippen LogP contribution in [0.3, 0.4) is 0 Å². The topological polar surface area (TPSA) is 61.1 Å². The number of rotatable bonds is 8. The van der Waals surface area contributed by atoms with Crippen LogP contribution in [0.2, 0.25) is 0 Å². The molecule has 1 N–H and O–H groups in total. The fourth-order valence-electron chi connectivity index (χ4n) is 2.85. The highest BCUT2D eigenvalue weighted by Gasteiger charge is 2.23. The van der Waals surface area contributed by atoms with Gasteiger partial charge in [-0.2, -0.15) is 5.10 Å². The third kappa shape index (κ3) is 3.86. The molecule has 0 unspecified atom stereocenters. The van der Waals surface area contributed by atoms with Gasteiger partial charge in [0.25, 0.3) is 5.91 Å².